The molecule has 0 spiro atoms. The zero-order chi connectivity index (χ0) is 20.3. The molecule has 3 rings (SSSR count). The van der Waals surface area contributed by atoms with Gasteiger partial charge >= 0.3 is 0 Å². The Morgan fingerprint density at radius 3 is 2.64 bits per heavy atom. The number of carbonyl (C=O) groups is 1. The van der Waals surface area contributed by atoms with Crippen LogP contribution in [0.25, 0.3) is 0 Å². The van der Waals surface area contributed by atoms with Crippen molar-refractivity contribution in [2.24, 2.45) is 5.92 Å². The lowest BCUT2D eigenvalue weighted by atomic mass is 9.98. The van der Waals surface area contributed by atoms with E-state index >= 15 is 0 Å². The molecule has 0 radical (unpaired) electrons. The van der Waals surface area contributed by atoms with Crippen LogP contribution in [0.2, 0.25) is 5.02 Å². The van der Waals surface area contributed by atoms with Crippen molar-refractivity contribution in [3.05, 3.63) is 64.2 Å². The molecule has 7 heteroatoms. The Bertz CT molecular complexity index is 975. The van der Waals surface area contributed by atoms with E-state index in [-0.39, 0.29) is 24.1 Å². The number of hydrogen-bond donors (Lipinski definition) is 1. The average Bonchev–Trinajstić information content (AvgIpc) is 2.66. The number of nitrogens with one attached hydrogen (secondary N) is 1. The molecule has 1 N–H and O–H groups in total. The fourth-order valence-corrected chi connectivity index (χ4v) is 5.28. The van der Waals surface area contributed by atoms with Gasteiger partial charge in [-0.25, -0.2) is 12.7 Å². The standard InChI is InChI=1S/C21H25ClN2O3S/c1-15-6-3-4-7-18(15)14-28(26,27)24-11-5-8-17(13-24)21(25)23-19-10-9-16(2)20(22)12-19/h3-4,6-7,9-10,12,17H,5,8,11,13-14H2,1-2H3,(H,23,25)/t17-/m1/s1. The van der Waals surface area contributed by atoms with Gasteiger partial charge in [0.05, 0.1) is 11.7 Å². The van der Waals surface area contributed by atoms with Gasteiger partial charge in [0.25, 0.3) is 0 Å². The molecule has 1 fully saturated rings. The van der Waals surface area contributed by atoms with Gasteiger partial charge in [-0.15, -0.1) is 0 Å². The second-order valence-electron chi connectivity index (χ2n) is 7.33. The highest BCUT2D eigenvalue weighted by Gasteiger charge is 2.32. The van der Waals surface area contributed by atoms with E-state index in [1.54, 1.807) is 12.1 Å². The molecule has 0 unspecified atom stereocenters. The molecule has 1 aliphatic heterocycles. The van der Waals surface area contributed by atoms with Crippen LogP contribution in [0, 0.1) is 19.8 Å². The second-order valence-corrected chi connectivity index (χ2v) is 9.71. The van der Waals surface area contributed by atoms with Crippen molar-refractivity contribution in [2.45, 2.75) is 32.4 Å². The molecule has 0 aliphatic carbocycles. The Hall–Kier alpha value is -1.89. The summed E-state index contributed by atoms with van der Waals surface area (Å²) in [6.07, 6.45) is 1.33. The summed E-state index contributed by atoms with van der Waals surface area (Å²) in [6.45, 7) is 4.46. The van der Waals surface area contributed by atoms with Crippen LogP contribution in [0.15, 0.2) is 42.5 Å². The van der Waals surface area contributed by atoms with E-state index in [0.29, 0.717) is 30.1 Å². The van der Waals surface area contributed by atoms with Crippen LogP contribution in [-0.4, -0.2) is 31.7 Å². The van der Waals surface area contributed by atoms with Crippen molar-refractivity contribution in [1.82, 2.24) is 4.31 Å². The van der Waals surface area contributed by atoms with Crippen molar-refractivity contribution in [2.75, 3.05) is 18.4 Å². The first kappa shape index (κ1) is 20.8. The van der Waals surface area contributed by atoms with Crippen molar-refractivity contribution in [1.29, 1.82) is 0 Å². The van der Waals surface area contributed by atoms with Crippen LogP contribution in [0.5, 0.6) is 0 Å². The Kier molecular flexibility index (Phi) is 6.43. The monoisotopic (exact) mass is 420 g/mol. The molecule has 1 atom stereocenters. The van der Waals surface area contributed by atoms with Crippen molar-refractivity contribution in [3.63, 3.8) is 0 Å². The summed E-state index contributed by atoms with van der Waals surface area (Å²) in [4.78, 5) is 12.7. The van der Waals surface area contributed by atoms with E-state index in [1.165, 1.54) is 4.31 Å². The average molecular weight is 421 g/mol. The van der Waals surface area contributed by atoms with Crippen LogP contribution >= 0.6 is 11.6 Å². The zero-order valence-corrected chi connectivity index (χ0v) is 17.7. The van der Waals surface area contributed by atoms with Crippen molar-refractivity contribution >= 4 is 33.2 Å². The van der Waals surface area contributed by atoms with Crippen LogP contribution in [-0.2, 0) is 20.6 Å². The third-order valence-corrected chi connectivity index (χ3v) is 7.39. The van der Waals surface area contributed by atoms with Gasteiger partial charge in [-0.2, -0.15) is 0 Å². The second kappa shape index (κ2) is 8.64. The summed E-state index contributed by atoms with van der Waals surface area (Å²) >= 11 is 6.12. The summed E-state index contributed by atoms with van der Waals surface area (Å²) in [6, 6.07) is 12.8. The van der Waals surface area contributed by atoms with E-state index in [0.717, 1.165) is 16.7 Å². The Balaban J connectivity index is 1.68. The van der Waals surface area contributed by atoms with E-state index in [4.69, 9.17) is 11.6 Å². The first-order valence-electron chi connectivity index (χ1n) is 9.35. The fraction of sp³-hybridized carbons (Fsp3) is 0.381. The number of piperidine rings is 1. The van der Waals surface area contributed by atoms with Gasteiger partial charge in [0, 0.05) is 23.8 Å². The molecule has 2 aromatic rings. The lowest BCUT2D eigenvalue weighted by Gasteiger charge is -2.31. The highest BCUT2D eigenvalue weighted by Crippen LogP contribution is 2.25. The van der Waals surface area contributed by atoms with E-state index < -0.39 is 10.0 Å². The lowest BCUT2D eigenvalue weighted by molar-refractivity contribution is -0.120. The third-order valence-electron chi connectivity index (χ3n) is 5.19. The van der Waals surface area contributed by atoms with Gasteiger partial charge < -0.3 is 5.32 Å². The summed E-state index contributed by atoms with van der Waals surface area (Å²) in [5, 5.41) is 3.45. The molecule has 0 aromatic heterocycles. The normalized spacial score (nSPS) is 18.0. The molecule has 0 bridgehead atoms. The molecule has 150 valence electrons. The first-order chi connectivity index (χ1) is 13.3. The molecular formula is C21H25ClN2O3S. The molecule has 5 nitrogen and oxygen atoms in total. The molecular weight excluding hydrogens is 396 g/mol. The molecule has 0 saturated carbocycles. The Morgan fingerprint density at radius 1 is 1.18 bits per heavy atom. The van der Waals surface area contributed by atoms with Gasteiger partial charge in [-0.3, -0.25) is 4.79 Å². The number of hydrogen-bond acceptors (Lipinski definition) is 3. The minimum absolute atomic E-state index is 0.0401. The topological polar surface area (TPSA) is 66.5 Å². The van der Waals surface area contributed by atoms with Gasteiger partial charge in [0.2, 0.25) is 15.9 Å². The maximum absolute atomic E-state index is 12.9. The minimum atomic E-state index is -3.48. The van der Waals surface area contributed by atoms with E-state index in [9.17, 15) is 13.2 Å². The maximum atomic E-state index is 12.9. The number of aryl methyl sites for hydroxylation is 2. The highest BCUT2D eigenvalue weighted by atomic mass is 35.5. The van der Waals surface area contributed by atoms with E-state index in [1.807, 2.05) is 44.2 Å². The van der Waals surface area contributed by atoms with Gasteiger partial charge in [-0.05, 0) is 55.5 Å². The summed E-state index contributed by atoms with van der Waals surface area (Å²) in [7, 11) is -3.48. The SMILES string of the molecule is Cc1ccc(NC(=O)[C@@H]2CCCN(S(=O)(=O)Cc3ccccc3C)C2)cc1Cl. The lowest BCUT2D eigenvalue weighted by Crippen LogP contribution is -2.44. The summed E-state index contributed by atoms with van der Waals surface area (Å²) in [5.74, 6) is -0.585. The highest BCUT2D eigenvalue weighted by molar-refractivity contribution is 7.88. The molecule has 28 heavy (non-hydrogen) atoms. The Morgan fingerprint density at radius 2 is 1.93 bits per heavy atom. The van der Waals surface area contributed by atoms with Crippen molar-refractivity contribution in [3.8, 4) is 0 Å². The number of benzene rings is 2. The smallest absolute Gasteiger partial charge is 0.228 e. The number of carbonyl (C=O) groups excluding carboxylic acids is 1. The third kappa shape index (κ3) is 4.93. The fourth-order valence-electron chi connectivity index (χ4n) is 3.38. The van der Waals surface area contributed by atoms with Crippen LogP contribution < -0.4 is 5.32 Å². The largest absolute Gasteiger partial charge is 0.326 e. The zero-order valence-electron chi connectivity index (χ0n) is 16.1. The number of halogens is 1. The molecule has 1 saturated heterocycles. The van der Waals surface area contributed by atoms with Gasteiger partial charge in [0.15, 0.2) is 0 Å². The minimum Gasteiger partial charge on any atom is -0.326 e. The number of sulfonamides is 1. The van der Waals surface area contributed by atoms with Crippen molar-refractivity contribution < 1.29 is 13.2 Å². The first-order valence-corrected chi connectivity index (χ1v) is 11.3. The Labute approximate surface area is 171 Å². The molecule has 1 aliphatic rings. The summed E-state index contributed by atoms with van der Waals surface area (Å²) < 4.78 is 27.2. The predicted octanol–water partition coefficient (Wildman–Crippen LogP) is 4.14. The quantitative estimate of drug-likeness (QED) is 0.790. The number of rotatable bonds is 5. The summed E-state index contributed by atoms with van der Waals surface area (Å²) in [5.41, 5.74) is 3.31. The molecule has 2 aromatic carbocycles. The van der Waals surface area contributed by atoms with Gasteiger partial charge in [-0.1, -0.05) is 41.9 Å². The number of anilines is 1. The molecule has 1 amide bonds. The van der Waals surface area contributed by atoms with E-state index in [2.05, 4.69) is 5.32 Å². The van der Waals surface area contributed by atoms with Crippen LogP contribution in [0.3, 0.4) is 0 Å². The number of amides is 1. The van der Waals surface area contributed by atoms with Crippen LogP contribution in [0.1, 0.15) is 29.5 Å². The van der Waals surface area contributed by atoms with Gasteiger partial charge in [0.1, 0.15) is 0 Å². The van der Waals surface area contributed by atoms with Crippen LogP contribution in [0.4, 0.5) is 5.69 Å². The molecule has 1 heterocycles. The maximum Gasteiger partial charge on any atom is 0.228 e. The number of nitrogens with zero attached hydrogens (tertiary/aromatic N) is 1. The predicted molar refractivity (Wildman–Crippen MR) is 113 cm³/mol.